The van der Waals surface area contributed by atoms with E-state index >= 15 is 0 Å². The van der Waals surface area contributed by atoms with Crippen LogP contribution in [0.2, 0.25) is 0 Å². The lowest BCUT2D eigenvalue weighted by atomic mass is 9.91. The zero-order chi connectivity index (χ0) is 14.1. The Morgan fingerprint density at radius 3 is 2.85 bits per heavy atom. The highest BCUT2D eigenvalue weighted by Gasteiger charge is 2.30. The summed E-state index contributed by atoms with van der Waals surface area (Å²) < 4.78 is 6.03. The van der Waals surface area contributed by atoms with Crippen molar-refractivity contribution in [1.82, 2.24) is 4.90 Å². The van der Waals surface area contributed by atoms with Crippen molar-refractivity contribution in [2.45, 2.75) is 38.8 Å². The third-order valence-electron chi connectivity index (χ3n) is 4.59. The summed E-state index contributed by atoms with van der Waals surface area (Å²) in [5, 5.41) is 1.17. The van der Waals surface area contributed by atoms with Crippen LogP contribution in [-0.4, -0.2) is 24.0 Å². The van der Waals surface area contributed by atoms with Crippen molar-refractivity contribution in [2.24, 2.45) is 11.7 Å². The van der Waals surface area contributed by atoms with E-state index in [1.54, 1.807) is 0 Å². The fraction of sp³-hybridized carbons (Fsp3) is 0.529. The first-order valence-corrected chi connectivity index (χ1v) is 7.63. The van der Waals surface area contributed by atoms with Crippen LogP contribution in [0.5, 0.6) is 0 Å². The topological polar surface area (TPSA) is 42.4 Å². The molecule has 1 aliphatic heterocycles. The third-order valence-corrected chi connectivity index (χ3v) is 4.59. The number of para-hydroxylation sites is 1. The molecule has 0 saturated carbocycles. The number of nitrogens with zero attached hydrogens (tertiary/aromatic N) is 1. The summed E-state index contributed by atoms with van der Waals surface area (Å²) in [7, 11) is 0. The summed E-state index contributed by atoms with van der Waals surface area (Å²) in [6.07, 6.45) is 2.50. The largest absolute Gasteiger partial charge is 0.459 e. The minimum Gasteiger partial charge on any atom is -0.459 e. The number of furan rings is 1. The van der Waals surface area contributed by atoms with Crippen molar-refractivity contribution >= 4 is 11.0 Å². The van der Waals surface area contributed by atoms with Crippen molar-refractivity contribution < 1.29 is 4.42 Å². The zero-order valence-corrected chi connectivity index (χ0v) is 12.4. The highest BCUT2D eigenvalue weighted by Crippen LogP contribution is 2.32. The van der Waals surface area contributed by atoms with E-state index in [9.17, 15) is 0 Å². The second kappa shape index (κ2) is 5.58. The van der Waals surface area contributed by atoms with Gasteiger partial charge in [-0.3, -0.25) is 4.90 Å². The highest BCUT2D eigenvalue weighted by atomic mass is 16.3. The lowest BCUT2D eigenvalue weighted by molar-refractivity contribution is 0.0751. The van der Waals surface area contributed by atoms with Gasteiger partial charge in [0, 0.05) is 18.0 Å². The zero-order valence-electron chi connectivity index (χ0n) is 12.4. The van der Waals surface area contributed by atoms with Crippen molar-refractivity contribution in [3.05, 3.63) is 36.1 Å². The second-order valence-corrected chi connectivity index (χ2v) is 6.15. The maximum atomic E-state index is 6.05. The Morgan fingerprint density at radius 1 is 1.35 bits per heavy atom. The van der Waals surface area contributed by atoms with E-state index in [0.717, 1.165) is 23.8 Å². The number of hydrogen-bond acceptors (Lipinski definition) is 3. The Hall–Kier alpha value is -1.32. The van der Waals surface area contributed by atoms with Crippen LogP contribution in [0.25, 0.3) is 11.0 Å². The van der Waals surface area contributed by atoms with Gasteiger partial charge < -0.3 is 10.2 Å². The third kappa shape index (κ3) is 2.48. The Balaban J connectivity index is 1.89. The number of rotatable bonds is 3. The molecule has 2 heterocycles. The molecule has 108 valence electrons. The van der Waals surface area contributed by atoms with Gasteiger partial charge in [-0.05, 0) is 44.4 Å². The average molecular weight is 272 g/mol. The number of benzene rings is 1. The molecule has 3 unspecified atom stereocenters. The second-order valence-electron chi connectivity index (χ2n) is 6.15. The SMILES string of the molecule is CC1CCN(C(CN)c2cc3ccccc3o2)C(C)C1. The molecule has 0 aliphatic carbocycles. The van der Waals surface area contributed by atoms with Gasteiger partial charge in [0.2, 0.25) is 0 Å². The van der Waals surface area contributed by atoms with Gasteiger partial charge in [0.05, 0.1) is 6.04 Å². The molecular formula is C17H24N2O. The molecule has 0 spiro atoms. The minimum atomic E-state index is 0.199. The van der Waals surface area contributed by atoms with Crippen LogP contribution in [0.15, 0.2) is 34.7 Å². The highest BCUT2D eigenvalue weighted by molar-refractivity contribution is 5.77. The van der Waals surface area contributed by atoms with Crippen LogP contribution in [0.4, 0.5) is 0 Å². The summed E-state index contributed by atoms with van der Waals surface area (Å²) in [5.41, 5.74) is 7.01. The summed E-state index contributed by atoms with van der Waals surface area (Å²) >= 11 is 0. The number of likely N-dealkylation sites (tertiary alicyclic amines) is 1. The van der Waals surface area contributed by atoms with E-state index in [0.29, 0.717) is 12.6 Å². The quantitative estimate of drug-likeness (QED) is 0.929. The number of nitrogens with two attached hydrogens (primary N) is 1. The molecule has 20 heavy (non-hydrogen) atoms. The maximum Gasteiger partial charge on any atom is 0.134 e. The molecule has 3 rings (SSSR count). The van der Waals surface area contributed by atoms with E-state index in [2.05, 4.69) is 30.9 Å². The molecule has 2 N–H and O–H groups in total. The molecule has 3 heteroatoms. The fourth-order valence-corrected chi connectivity index (χ4v) is 3.47. The number of hydrogen-bond donors (Lipinski definition) is 1. The molecule has 0 bridgehead atoms. The molecule has 2 aromatic rings. The van der Waals surface area contributed by atoms with Crippen LogP contribution >= 0.6 is 0 Å². The fourth-order valence-electron chi connectivity index (χ4n) is 3.47. The van der Waals surface area contributed by atoms with Gasteiger partial charge >= 0.3 is 0 Å². The van der Waals surface area contributed by atoms with Gasteiger partial charge in [0.25, 0.3) is 0 Å². The van der Waals surface area contributed by atoms with Crippen LogP contribution in [-0.2, 0) is 0 Å². The van der Waals surface area contributed by atoms with Gasteiger partial charge in [-0.2, -0.15) is 0 Å². The first-order valence-electron chi connectivity index (χ1n) is 7.63. The molecule has 1 aliphatic rings. The van der Waals surface area contributed by atoms with Gasteiger partial charge in [0.15, 0.2) is 0 Å². The van der Waals surface area contributed by atoms with Crippen molar-refractivity contribution in [1.29, 1.82) is 0 Å². The lowest BCUT2D eigenvalue weighted by Gasteiger charge is -2.40. The Labute approximate surface area is 120 Å². The average Bonchev–Trinajstić information content (AvgIpc) is 2.85. The number of piperidine rings is 1. The molecule has 1 fully saturated rings. The summed E-state index contributed by atoms with van der Waals surface area (Å²) in [4.78, 5) is 2.51. The lowest BCUT2D eigenvalue weighted by Crippen LogP contribution is -2.44. The standard InChI is InChI=1S/C17H24N2O/c1-12-7-8-19(13(2)9-12)15(11-18)17-10-14-5-3-4-6-16(14)20-17/h3-6,10,12-13,15H,7-9,11,18H2,1-2H3. The molecule has 1 aromatic heterocycles. The van der Waals surface area contributed by atoms with Crippen molar-refractivity contribution in [3.63, 3.8) is 0 Å². The van der Waals surface area contributed by atoms with Crippen LogP contribution in [0.1, 0.15) is 38.5 Å². The normalized spacial score (nSPS) is 25.9. The summed E-state index contributed by atoms with van der Waals surface area (Å²) in [6.45, 7) is 6.37. The van der Waals surface area contributed by atoms with Crippen molar-refractivity contribution in [3.8, 4) is 0 Å². The number of fused-ring (bicyclic) bond motifs is 1. The predicted molar refractivity (Wildman–Crippen MR) is 82.6 cm³/mol. The van der Waals surface area contributed by atoms with E-state index in [1.165, 1.54) is 18.2 Å². The van der Waals surface area contributed by atoms with Crippen molar-refractivity contribution in [2.75, 3.05) is 13.1 Å². The summed E-state index contributed by atoms with van der Waals surface area (Å²) in [5.74, 6) is 1.82. The molecule has 3 nitrogen and oxygen atoms in total. The van der Waals surface area contributed by atoms with E-state index < -0.39 is 0 Å². The monoisotopic (exact) mass is 272 g/mol. The molecule has 1 saturated heterocycles. The van der Waals surface area contributed by atoms with E-state index in [-0.39, 0.29) is 6.04 Å². The molecule has 0 radical (unpaired) electrons. The van der Waals surface area contributed by atoms with Crippen LogP contribution in [0.3, 0.4) is 0 Å². The van der Waals surface area contributed by atoms with E-state index in [4.69, 9.17) is 10.2 Å². The maximum absolute atomic E-state index is 6.05. The van der Waals surface area contributed by atoms with Gasteiger partial charge in [-0.25, -0.2) is 0 Å². The Kier molecular flexibility index (Phi) is 3.81. The minimum absolute atomic E-state index is 0.199. The first-order chi connectivity index (χ1) is 9.69. The molecule has 0 amide bonds. The first kappa shape index (κ1) is 13.7. The van der Waals surface area contributed by atoms with Crippen LogP contribution in [0, 0.1) is 5.92 Å². The molecule has 3 atom stereocenters. The Bertz CT molecular complexity index is 544. The van der Waals surface area contributed by atoms with Gasteiger partial charge in [-0.15, -0.1) is 0 Å². The smallest absolute Gasteiger partial charge is 0.134 e. The Morgan fingerprint density at radius 2 is 2.15 bits per heavy atom. The summed E-state index contributed by atoms with van der Waals surface area (Å²) in [6, 6.07) is 11.1. The van der Waals surface area contributed by atoms with E-state index in [1.807, 2.05) is 18.2 Å². The molecule has 1 aromatic carbocycles. The molecular weight excluding hydrogens is 248 g/mol. The van der Waals surface area contributed by atoms with Gasteiger partial charge in [-0.1, -0.05) is 25.1 Å². The predicted octanol–water partition coefficient (Wildman–Crippen LogP) is 3.55. The van der Waals surface area contributed by atoms with Gasteiger partial charge in [0.1, 0.15) is 11.3 Å². The van der Waals surface area contributed by atoms with Crippen LogP contribution < -0.4 is 5.73 Å².